The van der Waals surface area contributed by atoms with E-state index in [-0.39, 0.29) is 0 Å². The molecule has 1 aromatic rings. The average Bonchev–Trinajstić information content (AvgIpc) is 2.57. The van der Waals surface area contributed by atoms with Gasteiger partial charge in [0.1, 0.15) is 6.33 Å². The molecule has 5 heteroatoms. The Morgan fingerprint density at radius 2 is 2.58 bits per heavy atom. The smallest absolute Gasteiger partial charge is 0.202 e. The van der Waals surface area contributed by atoms with Crippen molar-refractivity contribution in [1.82, 2.24) is 9.36 Å². The van der Waals surface area contributed by atoms with E-state index >= 15 is 0 Å². The number of aromatic nitrogens is 2. The van der Waals surface area contributed by atoms with Gasteiger partial charge in [0.05, 0.1) is 0 Å². The van der Waals surface area contributed by atoms with Gasteiger partial charge in [0, 0.05) is 24.1 Å². The average molecular weight is 186 g/mol. The molecule has 0 spiro atoms. The lowest BCUT2D eigenvalue weighted by atomic mass is 10.2. The highest BCUT2D eigenvalue weighted by Gasteiger charge is 1.99. The minimum absolute atomic E-state index is 0.297. The normalized spacial score (nSPS) is 12.8. The zero-order valence-electron chi connectivity index (χ0n) is 7.16. The largest absolute Gasteiger partial charge is 0.360 e. The summed E-state index contributed by atoms with van der Waals surface area (Å²) in [6.07, 6.45) is 3.56. The third-order valence-corrected chi connectivity index (χ3v) is 2.30. The van der Waals surface area contributed by atoms with Crippen LogP contribution in [0.25, 0.3) is 0 Å². The predicted octanol–water partition coefficient (Wildman–Crippen LogP) is 1.08. The van der Waals surface area contributed by atoms with Gasteiger partial charge in [-0.15, -0.1) is 0 Å². The molecule has 0 aliphatic rings. The summed E-state index contributed by atoms with van der Waals surface area (Å²) in [5.41, 5.74) is 5.74. The lowest BCUT2D eigenvalue weighted by Crippen LogP contribution is -2.22. The molecule has 0 amide bonds. The number of hydrogen-bond donors (Lipinski definition) is 2. The summed E-state index contributed by atoms with van der Waals surface area (Å²) < 4.78 is 3.88. The fourth-order valence-corrected chi connectivity index (χ4v) is 1.27. The van der Waals surface area contributed by atoms with Crippen LogP contribution >= 0.6 is 11.5 Å². The SMILES string of the molecule is CCC(N)CCNc1ncns1. The molecule has 0 saturated heterocycles. The van der Waals surface area contributed by atoms with Crippen molar-refractivity contribution >= 4 is 16.7 Å². The first kappa shape index (κ1) is 9.41. The van der Waals surface area contributed by atoms with Crippen molar-refractivity contribution in [2.24, 2.45) is 5.73 Å². The molecule has 1 aromatic heterocycles. The number of nitrogens with one attached hydrogen (secondary N) is 1. The van der Waals surface area contributed by atoms with Crippen LogP contribution in [0.5, 0.6) is 0 Å². The van der Waals surface area contributed by atoms with Gasteiger partial charge in [-0.25, -0.2) is 4.98 Å². The highest BCUT2D eigenvalue weighted by Crippen LogP contribution is 2.06. The van der Waals surface area contributed by atoms with Gasteiger partial charge >= 0.3 is 0 Å². The van der Waals surface area contributed by atoms with Gasteiger partial charge < -0.3 is 11.1 Å². The molecule has 0 bridgehead atoms. The maximum atomic E-state index is 5.74. The van der Waals surface area contributed by atoms with Crippen LogP contribution in [0, 0.1) is 0 Å². The van der Waals surface area contributed by atoms with E-state index in [4.69, 9.17) is 5.73 Å². The van der Waals surface area contributed by atoms with Crippen LogP contribution in [0.3, 0.4) is 0 Å². The van der Waals surface area contributed by atoms with Gasteiger partial charge in [-0.3, -0.25) is 0 Å². The minimum Gasteiger partial charge on any atom is -0.360 e. The first-order valence-electron chi connectivity index (χ1n) is 4.09. The van der Waals surface area contributed by atoms with Crippen molar-refractivity contribution in [2.75, 3.05) is 11.9 Å². The quantitative estimate of drug-likeness (QED) is 0.722. The Kier molecular flexibility index (Phi) is 3.96. The predicted molar refractivity (Wildman–Crippen MR) is 51.3 cm³/mol. The number of hydrogen-bond acceptors (Lipinski definition) is 5. The van der Waals surface area contributed by atoms with E-state index in [0.717, 1.165) is 24.5 Å². The molecule has 0 aromatic carbocycles. The summed E-state index contributed by atoms with van der Waals surface area (Å²) in [5.74, 6) is 0. The van der Waals surface area contributed by atoms with Crippen molar-refractivity contribution in [3.8, 4) is 0 Å². The molecule has 0 fully saturated rings. The number of rotatable bonds is 5. The van der Waals surface area contributed by atoms with E-state index < -0.39 is 0 Å². The topological polar surface area (TPSA) is 63.8 Å². The highest BCUT2D eigenvalue weighted by molar-refractivity contribution is 7.09. The maximum Gasteiger partial charge on any atom is 0.202 e. The van der Waals surface area contributed by atoms with Crippen molar-refractivity contribution in [3.63, 3.8) is 0 Å². The van der Waals surface area contributed by atoms with E-state index in [1.165, 1.54) is 11.5 Å². The molecule has 1 heterocycles. The molecule has 1 unspecified atom stereocenters. The molecule has 12 heavy (non-hydrogen) atoms. The second-order valence-corrected chi connectivity index (χ2v) is 3.41. The standard InChI is InChI=1S/C7H14N4S/c1-2-6(8)3-4-9-7-10-5-11-12-7/h5-6H,2-4,8H2,1H3,(H,9,10,11). The summed E-state index contributed by atoms with van der Waals surface area (Å²) in [7, 11) is 0. The molecule has 0 aliphatic heterocycles. The summed E-state index contributed by atoms with van der Waals surface area (Å²) in [6, 6.07) is 0.297. The molecule has 1 rings (SSSR count). The molecular weight excluding hydrogens is 172 g/mol. The summed E-state index contributed by atoms with van der Waals surface area (Å²) in [6.45, 7) is 2.97. The van der Waals surface area contributed by atoms with Crippen molar-refractivity contribution in [2.45, 2.75) is 25.8 Å². The molecular formula is C7H14N4S. The van der Waals surface area contributed by atoms with Gasteiger partial charge in [-0.2, -0.15) is 4.37 Å². The van der Waals surface area contributed by atoms with E-state index in [1.807, 2.05) is 0 Å². The summed E-state index contributed by atoms with van der Waals surface area (Å²) >= 11 is 1.37. The zero-order valence-corrected chi connectivity index (χ0v) is 7.97. The van der Waals surface area contributed by atoms with E-state index in [0.29, 0.717) is 6.04 Å². The van der Waals surface area contributed by atoms with Gasteiger partial charge in [-0.05, 0) is 12.8 Å². The second-order valence-electron chi connectivity index (χ2n) is 2.63. The number of nitrogens with two attached hydrogens (primary N) is 1. The summed E-state index contributed by atoms with van der Waals surface area (Å²) in [4.78, 5) is 3.99. The van der Waals surface area contributed by atoms with Gasteiger partial charge in [0.25, 0.3) is 0 Å². The van der Waals surface area contributed by atoms with Crippen LogP contribution in [-0.2, 0) is 0 Å². The van der Waals surface area contributed by atoms with Crippen LogP contribution < -0.4 is 11.1 Å². The van der Waals surface area contributed by atoms with Crippen LogP contribution in [-0.4, -0.2) is 21.9 Å². The lowest BCUT2D eigenvalue weighted by molar-refractivity contribution is 0.613. The highest BCUT2D eigenvalue weighted by atomic mass is 32.1. The Balaban J connectivity index is 2.11. The van der Waals surface area contributed by atoms with Gasteiger partial charge in [-0.1, -0.05) is 6.92 Å². The maximum absolute atomic E-state index is 5.74. The van der Waals surface area contributed by atoms with Crippen molar-refractivity contribution in [1.29, 1.82) is 0 Å². The van der Waals surface area contributed by atoms with Crippen LogP contribution in [0.2, 0.25) is 0 Å². The fraction of sp³-hybridized carbons (Fsp3) is 0.714. The van der Waals surface area contributed by atoms with Crippen LogP contribution in [0.15, 0.2) is 6.33 Å². The number of anilines is 1. The molecule has 3 N–H and O–H groups in total. The van der Waals surface area contributed by atoms with Crippen molar-refractivity contribution in [3.05, 3.63) is 6.33 Å². The zero-order chi connectivity index (χ0) is 8.81. The molecule has 0 aliphatic carbocycles. The van der Waals surface area contributed by atoms with Crippen LogP contribution in [0.4, 0.5) is 5.13 Å². The summed E-state index contributed by atoms with van der Waals surface area (Å²) in [5, 5.41) is 4.03. The Bertz CT molecular complexity index is 199. The van der Waals surface area contributed by atoms with E-state index in [9.17, 15) is 0 Å². The minimum atomic E-state index is 0.297. The molecule has 4 nitrogen and oxygen atoms in total. The third-order valence-electron chi connectivity index (χ3n) is 1.68. The number of nitrogens with zero attached hydrogens (tertiary/aromatic N) is 2. The molecule has 1 atom stereocenters. The molecule has 0 saturated carbocycles. The van der Waals surface area contributed by atoms with E-state index in [1.54, 1.807) is 6.33 Å². The van der Waals surface area contributed by atoms with Crippen LogP contribution in [0.1, 0.15) is 19.8 Å². The van der Waals surface area contributed by atoms with E-state index in [2.05, 4.69) is 21.6 Å². The fourth-order valence-electron chi connectivity index (χ4n) is 0.820. The van der Waals surface area contributed by atoms with Gasteiger partial charge in [0.2, 0.25) is 5.13 Å². The Morgan fingerprint density at radius 1 is 1.75 bits per heavy atom. The first-order chi connectivity index (χ1) is 5.83. The third kappa shape index (κ3) is 3.15. The Hall–Kier alpha value is -0.680. The molecule has 68 valence electrons. The lowest BCUT2D eigenvalue weighted by Gasteiger charge is -2.07. The second kappa shape index (κ2) is 5.05. The Labute approximate surface area is 76.4 Å². The Morgan fingerprint density at radius 3 is 3.17 bits per heavy atom. The first-order valence-corrected chi connectivity index (χ1v) is 4.86. The van der Waals surface area contributed by atoms with Gasteiger partial charge in [0.15, 0.2) is 0 Å². The van der Waals surface area contributed by atoms with Crippen molar-refractivity contribution < 1.29 is 0 Å². The monoisotopic (exact) mass is 186 g/mol. The molecule has 0 radical (unpaired) electrons.